The second-order valence-electron chi connectivity index (χ2n) is 6.32. The lowest BCUT2D eigenvalue weighted by atomic mass is 10.2. The standard InChI is InChI=1S/C19H24N2O5S/c1-12(2)19(22)20-15-10-18(26-5)16(11-17(15)25-4)21-27(23,24)14-8-6-13(3)7-9-14/h6-12,21H,1-5H3,(H,20,22). The van der Waals surface area contributed by atoms with Crippen LogP contribution in [0.4, 0.5) is 11.4 Å². The summed E-state index contributed by atoms with van der Waals surface area (Å²) in [5, 5.41) is 2.74. The van der Waals surface area contributed by atoms with Gasteiger partial charge in [0.1, 0.15) is 11.5 Å². The first-order valence-electron chi connectivity index (χ1n) is 8.34. The van der Waals surface area contributed by atoms with Gasteiger partial charge in [0.25, 0.3) is 10.0 Å². The van der Waals surface area contributed by atoms with Gasteiger partial charge in [-0.2, -0.15) is 0 Å². The second kappa shape index (κ2) is 8.30. The average Bonchev–Trinajstić information content (AvgIpc) is 2.62. The molecule has 0 bridgehead atoms. The van der Waals surface area contributed by atoms with E-state index in [2.05, 4.69) is 10.0 Å². The molecule has 0 aromatic heterocycles. The predicted molar refractivity (Wildman–Crippen MR) is 105 cm³/mol. The number of ether oxygens (including phenoxy) is 2. The van der Waals surface area contributed by atoms with Crippen molar-refractivity contribution in [1.82, 2.24) is 0 Å². The summed E-state index contributed by atoms with van der Waals surface area (Å²) in [7, 11) is -0.958. The molecule has 2 aromatic rings. The maximum Gasteiger partial charge on any atom is 0.262 e. The lowest BCUT2D eigenvalue weighted by molar-refractivity contribution is -0.118. The Morgan fingerprint density at radius 2 is 1.48 bits per heavy atom. The number of carbonyl (C=O) groups is 1. The third-order valence-corrected chi connectivity index (χ3v) is 5.26. The summed E-state index contributed by atoms with van der Waals surface area (Å²) < 4.78 is 38.4. The highest BCUT2D eigenvalue weighted by molar-refractivity contribution is 7.92. The van der Waals surface area contributed by atoms with Crippen molar-refractivity contribution in [3.8, 4) is 11.5 Å². The molecule has 0 radical (unpaired) electrons. The van der Waals surface area contributed by atoms with Gasteiger partial charge in [0, 0.05) is 18.1 Å². The van der Waals surface area contributed by atoms with E-state index in [1.807, 2.05) is 6.92 Å². The van der Waals surface area contributed by atoms with Crippen molar-refractivity contribution in [2.45, 2.75) is 25.7 Å². The summed E-state index contributed by atoms with van der Waals surface area (Å²) in [6.45, 7) is 5.41. The fourth-order valence-electron chi connectivity index (χ4n) is 2.27. The van der Waals surface area contributed by atoms with Gasteiger partial charge in [-0.15, -0.1) is 0 Å². The Kier molecular flexibility index (Phi) is 6.32. The Bertz CT molecular complexity index is 922. The summed E-state index contributed by atoms with van der Waals surface area (Å²) in [6.07, 6.45) is 0. The molecular weight excluding hydrogens is 368 g/mol. The van der Waals surface area contributed by atoms with Crippen molar-refractivity contribution in [1.29, 1.82) is 0 Å². The summed E-state index contributed by atoms with van der Waals surface area (Å²) >= 11 is 0. The molecule has 2 rings (SSSR count). The predicted octanol–water partition coefficient (Wildman–Crippen LogP) is 3.41. The molecule has 1 amide bonds. The molecule has 8 heteroatoms. The summed E-state index contributed by atoms with van der Waals surface area (Å²) in [5.74, 6) is 0.153. The number of anilines is 2. The molecule has 0 saturated carbocycles. The lowest BCUT2D eigenvalue weighted by Crippen LogP contribution is -2.19. The number of amides is 1. The van der Waals surface area contributed by atoms with E-state index in [9.17, 15) is 13.2 Å². The number of hydrogen-bond acceptors (Lipinski definition) is 5. The van der Waals surface area contributed by atoms with Crippen LogP contribution in [0.3, 0.4) is 0 Å². The van der Waals surface area contributed by atoms with Crippen molar-refractivity contribution in [3.63, 3.8) is 0 Å². The Labute approximate surface area is 159 Å². The molecule has 2 N–H and O–H groups in total. The smallest absolute Gasteiger partial charge is 0.262 e. The Hall–Kier alpha value is -2.74. The molecule has 0 saturated heterocycles. The second-order valence-corrected chi connectivity index (χ2v) is 8.00. The van der Waals surface area contributed by atoms with Gasteiger partial charge in [-0.1, -0.05) is 31.5 Å². The minimum Gasteiger partial charge on any atom is -0.494 e. The number of nitrogens with one attached hydrogen (secondary N) is 2. The molecular formula is C19H24N2O5S. The SMILES string of the molecule is COc1cc(NS(=O)(=O)c2ccc(C)cc2)c(OC)cc1NC(=O)C(C)C. The van der Waals surface area contributed by atoms with Crippen LogP contribution in [0.1, 0.15) is 19.4 Å². The van der Waals surface area contributed by atoms with E-state index in [1.54, 1.807) is 26.0 Å². The summed E-state index contributed by atoms with van der Waals surface area (Å²) in [5.41, 5.74) is 1.56. The van der Waals surface area contributed by atoms with Crippen LogP contribution in [0, 0.1) is 12.8 Å². The molecule has 146 valence electrons. The Balaban J connectivity index is 2.41. The molecule has 0 atom stereocenters. The van der Waals surface area contributed by atoms with Gasteiger partial charge in [-0.3, -0.25) is 9.52 Å². The van der Waals surface area contributed by atoms with Crippen LogP contribution in [-0.4, -0.2) is 28.5 Å². The Morgan fingerprint density at radius 1 is 0.963 bits per heavy atom. The van der Waals surface area contributed by atoms with E-state index >= 15 is 0 Å². The van der Waals surface area contributed by atoms with Crippen LogP contribution < -0.4 is 19.5 Å². The van der Waals surface area contributed by atoms with Gasteiger partial charge < -0.3 is 14.8 Å². The average molecular weight is 392 g/mol. The molecule has 0 aliphatic carbocycles. The molecule has 0 aliphatic heterocycles. The zero-order valence-electron chi connectivity index (χ0n) is 16.0. The van der Waals surface area contributed by atoms with Gasteiger partial charge in [0.15, 0.2) is 0 Å². The first kappa shape index (κ1) is 20.6. The topological polar surface area (TPSA) is 93.7 Å². The molecule has 27 heavy (non-hydrogen) atoms. The number of aryl methyl sites for hydroxylation is 1. The minimum atomic E-state index is -3.81. The van der Waals surface area contributed by atoms with Crippen LogP contribution >= 0.6 is 0 Å². The number of hydrogen-bond donors (Lipinski definition) is 2. The highest BCUT2D eigenvalue weighted by atomic mass is 32.2. The first-order valence-corrected chi connectivity index (χ1v) is 9.82. The quantitative estimate of drug-likeness (QED) is 0.753. The minimum absolute atomic E-state index is 0.131. The molecule has 2 aromatic carbocycles. The third-order valence-electron chi connectivity index (χ3n) is 3.88. The van der Waals surface area contributed by atoms with E-state index in [-0.39, 0.29) is 28.2 Å². The monoisotopic (exact) mass is 392 g/mol. The number of rotatable bonds is 7. The lowest BCUT2D eigenvalue weighted by Gasteiger charge is -2.17. The fraction of sp³-hybridized carbons (Fsp3) is 0.316. The molecule has 0 aliphatic rings. The van der Waals surface area contributed by atoms with Crippen LogP contribution in [0.5, 0.6) is 11.5 Å². The molecule has 0 unspecified atom stereocenters. The molecule has 0 heterocycles. The zero-order valence-corrected chi connectivity index (χ0v) is 16.8. The van der Waals surface area contributed by atoms with E-state index in [1.165, 1.54) is 38.5 Å². The number of methoxy groups -OCH3 is 2. The van der Waals surface area contributed by atoms with E-state index < -0.39 is 10.0 Å². The number of carbonyl (C=O) groups excluding carboxylic acids is 1. The molecule has 0 spiro atoms. The highest BCUT2D eigenvalue weighted by Gasteiger charge is 2.20. The van der Waals surface area contributed by atoms with Crippen molar-refractivity contribution in [2.75, 3.05) is 24.3 Å². The van der Waals surface area contributed by atoms with Crippen molar-refractivity contribution in [3.05, 3.63) is 42.0 Å². The van der Waals surface area contributed by atoms with Gasteiger partial charge in [0.2, 0.25) is 5.91 Å². The van der Waals surface area contributed by atoms with E-state index in [0.717, 1.165) is 5.56 Å². The van der Waals surface area contributed by atoms with E-state index in [4.69, 9.17) is 9.47 Å². The largest absolute Gasteiger partial charge is 0.494 e. The van der Waals surface area contributed by atoms with Crippen molar-refractivity contribution < 1.29 is 22.7 Å². The zero-order chi connectivity index (χ0) is 20.2. The highest BCUT2D eigenvalue weighted by Crippen LogP contribution is 2.37. The van der Waals surface area contributed by atoms with E-state index in [0.29, 0.717) is 11.4 Å². The van der Waals surface area contributed by atoms with Crippen LogP contribution in [0.15, 0.2) is 41.3 Å². The molecule has 7 nitrogen and oxygen atoms in total. The van der Waals surface area contributed by atoms with Crippen molar-refractivity contribution >= 4 is 27.3 Å². The maximum atomic E-state index is 12.7. The fourth-order valence-corrected chi connectivity index (χ4v) is 3.33. The normalized spacial score (nSPS) is 11.2. The van der Waals surface area contributed by atoms with Crippen LogP contribution in [0.25, 0.3) is 0 Å². The van der Waals surface area contributed by atoms with Gasteiger partial charge >= 0.3 is 0 Å². The number of benzene rings is 2. The summed E-state index contributed by atoms with van der Waals surface area (Å²) in [6, 6.07) is 9.48. The summed E-state index contributed by atoms with van der Waals surface area (Å²) in [4.78, 5) is 12.1. The third kappa shape index (κ3) is 4.91. The number of sulfonamides is 1. The Morgan fingerprint density at radius 3 is 2.00 bits per heavy atom. The van der Waals surface area contributed by atoms with Gasteiger partial charge in [-0.05, 0) is 19.1 Å². The van der Waals surface area contributed by atoms with Gasteiger partial charge in [0.05, 0.1) is 30.5 Å². The van der Waals surface area contributed by atoms with Gasteiger partial charge in [-0.25, -0.2) is 8.42 Å². The first-order chi connectivity index (χ1) is 12.7. The maximum absolute atomic E-state index is 12.7. The van der Waals surface area contributed by atoms with Crippen LogP contribution in [0.2, 0.25) is 0 Å². The van der Waals surface area contributed by atoms with Crippen molar-refractivity contribution in [2.24, 2.45) is 5.92 Å². The van der Waals surface area contributed by atoms with Crippen LogP contribution in [-0.2, 0) is 14.8 Å². The molecule has 0 fully saturated rings.